The van der Waals surface area contributed by atoms with Crippen molar-refractivity contribution in [1.29, 1.82) is 0 Å². The monoisotopic (exact) mass is 281 g/mol. The summed E-state index contributed by atoms with van der Waals surface area (Å²) in [5, 5.41) is 12.4. The van der Waals surface area contributed by atoms with Gasteiger partial charge in [-0.3, -0.25) is 5.43 Å². The number of nitrogens with one attached hydrogen (secondary N) is 1. The average Bonchev–Trinajstić information content (AvgIpc) is 2.20. The second-order valence-electron chi connectivity index (χ2n) is 3.12. The topological polar surface area (TPSA) is 70.6 Å². The van der Waals surface area contributed by atoms with E-state index in [9.17, 15) is 22.7 Å². The van der Waals surface area contributed by atoms with Crippen LogP contribution in [0.4, 0.5) is 17.6 Å². The van der Waals surface area contributed by atoms with E-state index in [0.29, 0.717) is 6.07 Å². The number of phenols is 1. The molecule has 0 fully saturated rings. The molecule has 0 spiro atoms. The fourth-order valence-corrected chi connectivity index (χ4v) is 1.11. The largest absolute Gasteiger partial charge is 0.507 e. The average molecular weight is 281 g/mol. The number of aromatic hydroxyl groups is 1. The van der Waals surface area contributed by atoms with E-state index in [4.69, 9.17) is 5.73 Å². The van der Waals surface area contributed by atoms with E-state index in [1.54, 1.807) is 0 Å². The van der Waals surface area contributed by atoms with Crippen molar-refractivity contribution in [1.82, 2.24) is 5.43 Å². The molecule has 0 aliphatic heterocycles. The van der Waals surface area contributed by atoms with Crippen LogP contribution >= 0.6 is 12.2 Å². The van der Waals surface area contributed by atoms with Gasteiger partial charge in [0.2, 0.25) is 0 Å². The molecule has 9 heteroatoms. The third kappa shape index (κ3) is 3.55. The molecule has 0 heterocycles. The number of alkyl halides is 3. The van der Waals surface area contributed by atoms with E-state index in [1.165, 1.54) is 0 Å². The van der Waals surface area contributed by atoms with Gasteiger partial charge in [-0.15, -0.1) is 0 Å². The predicted octanol–water partition coefficient (Wildman–Crippen LogP) is 1.72. The molecule has 1 aromatic carbocycles. The highest BCUT2D eigenvalue weighted by atomic mass is 32.1. The SMILES string of the molecule is NC(=S)NN=Cc1c(O)cc(C(F)(F)F)cc1F. The predicted molar refractivity (Wildman–Crippen MR) is 60.6 cm³/mol. The third-order valence-electron chi connectivity index (χ3n) is 1.80. The van der Waals surface area contributed by atoms with Crippen LogP contribution < -0.4 is 11.2 Å². The Morgan fingerprint density at radius 3 is 2.50 bits per heavy atom. The standard InChI is InChI=1S/C9H7F4N3OS/c10-6-1-4(9(11,12)13)2-7(17)5(6)3-15-16-8(14)18/h1-3,17H,(H3,14,16,18). The first-order valence-corrected chi connectivity index (χ1v) is 4.81. The van der Waals surface area contributed by atoms with Crippen molar-refractivity contribution in [3.05, 3.63) is 29.1 Å². The van der Waals surface area contributed by atoms with E-state index >= 15 is 0 Å². The minimum atomic E-state index is -4.74. The Hall–Kier alpha value is -1.90. The van der Waals surface area contributed by atoms with E-state index in [-0.39, 0.29) is 11.2 Å². The Morgan fingerprint density at radius 1 is 1.44 bits per heavy atom. The third-order valence-corrected chi connectivity index (χ3v) is 1.89. The fourth-order valence-electron chi connectivity index (χ4n) is 1.06. The van der Waals surface area contributed by atoms with Crippen LogP contribution in [0.1, 0.15) is 11.1 Å². The number of phenolic OH excluding ortho intramolecular Hbond substituents is 1. The van der Waals surface area contributed by atoms with Gasteiger partial charge >= 0.3 is 6.18 Å². The van der Waals surface area contributed by atoms with Crippen molar-refractivity contribution < 1.29 is 22.7 Å². The van der Waals surface area contributed by atoms with E-state index in [1.807, 2.05) is 0 Å². The smallest absolute Gasteiger partial charge is 0.416 e. The first kappa shape index (κ1) is 14.2. The maximum Gasteiger partial charge on any atom is 0.416 e. The zero-order chi connectivity index (χ0) is 13.9. The summed E-state index contributed by atoms with van der Waals surface area (Å²) in [6, 6.07) is 0.646. The van der Waals surface area contributed by atoms with Crippen LogP contribution in [-0.4, -0.2) is 16.4 Å². The molecule has 98 valence electrons. The number of thiocarbonyl (C=S) groups is 1. The first-order valence-electron chi connectivity index (χ1n) is 4.40. The van der Waals surface area contributed by atoms with E-state index in [2.05, 4.69) is 22.7 Å². The van der Waals surface area contributed by atoms with Gasteiger partial charge in [0.05, 0.1) is 17.3 Å². The Balaban J connectivity index is 3.09. The molecule has 0 aliphatic carbocycles. The molecule has 0 unspecified atom stereocenters. The summed E-state index contributed by atoms with van der Waals surface area (Å²) in [7, 11) is 0. The van der Waals surface area contributed by atoms with Gasteiger partial charge in [0.1, 0.15) is 11.6 Å². The highest BCUT2D eigenvalue weighted by Crippen LogP contribution is 2.33. The lowest BCUT2D eigenvalue weighted by Gasteiger charge is -2.09. The molecule has 1 rings (SSSR count). The normalized spacial score (nSPS) is 11.8. The zero-order valence-electron chi connectivity index (χ0n) is 8.62. The molecule has 0 bridgehead atoms. The second-order valence-corrected chi connectivity index (χ2v) is 3.56. The van der Waals surface area contributed by atoms with Crippen LogP contribution in [0.2, 0.25) is 0 Å². The van der Waals surface area contributed by atoms with Crippen molar-refractivity contribution in [2.45, 2.75) is 6.18 Å². The Kier molecular flexibility index (Phi) is 4.07. The fraction of sp³-hybridized carbons (Fsp3) is 0.111. The number of nitrogens with zero attached hydrogens (tertiary/aromatic N) is 1. The van der Waals surface area contributed by atoms with Crippen molar-refractivity contribution in [3.8, 4) is 5.75 Å². The maximum atomic E-state index is 13.3. The number of hydrogen-bond donors (Lipinski definition) is 3. The Morgan fingerprint density at radius 2 is 2.06 bits per heavy atom. The van der Waals surface area contributed by atoms with E-state index in [0.717, 1.165) is 6.21 Å². The Bertz CT molecular complexity index is 478. The van der Waals surface area contributed by atoms with Gasteiger partial charge in [-0.25, -0.2) is 4.39 Å². The van der Waals surface area contributed by atoms with Gasteiger partial charge in [-0.1, -0.05) is 0 Å². The summed E-state index contributed by atoms with van der Waals surface area (Å²) < 4.78 is 50.2. The van der Waals surface area contributed by atoms with Crippen LogP contribution in [0.3, 0.4) is 0 Å². The summed E-state index contributed by atoms with van der Waals surface area (Å²) >= 11 is 4.39. The lowest BCUT2D eigenvalue weighted by atomic mass is 10.1. The molecule has 4 N–H and O–H groups in total. The zero-order valence-corrected chi connectivity index (χ0v) is 9.44. The molecule has 0 saturated heterocycles. The highest BCUT2D eigenvalue weighted by Gasteiger charge is 2.32. The van der Waals surface area contributed by atoms with E-state index < -0.39 is 28.9 Å². The maximum absolute atomic E-state index is 13.3. The van der Waals surface area contributed by atoms with Gasteiger partial charge in [0.25, 0.3) is 0 Å². The van der Waals surface area contributed by atoms with Crippen molar-refractivity contribution >= 4 is 23.5 Å². The number of hydrazone groups is 1. The van der Waals surface area contributed by atoms with Crippen LogP contribution in [-0.2, 0) is 6.18 Å². The number of nitrogens with two attached hydrogens (primary N) is 1. The number of hydrogen-bond acceptors (Lipinski definition) is 3. The molecule has 0 atom stereocenters. The minimum absolute atomic E-state index is 0.210. The van der Waals surface area contributed by atoms with Gasteiger partial charge < -0.3 is 10.8 Å². The van der Waals surface area contributed by atoms with Crippen LogP contribution in [0.25, 0.3) is 0 Å². The molecule has 0 amide bonds. The van der Waals surface area contributed by atoms with Crippen molar-refractivity contribution in [2.24, 2.45) is 10.8 Å². The molecular formula is C9H7F4N3OS. The number of halogens is 4. The van der Waals surface area contributed by atoms with Crippen LogP contribution in [0, 0.1) is 5.82 Å². The molecule has 1 aromatic rings. The van der Waals surface area contributed by atoms with Crippen molar-refractivity contribution in [3.63, 3.8) is 0 Å². The molecular weight excluding hydrogens is 274 g/mol. The lowest BCUT2D eigenvalue weighted by molar-refractivity contribution is -0.137. The summed E-state index contributed by atoms with van der Waals surface area (Å²) in [6.07, 6.45) is -3.98. The lowest BCUT2D eigenvalue weighted by Crippen LogP contribution is -2.24. The summed E-state index contributed by atoms with van der Waals surface area (Å²) in [5.41, 5.74) is 5.29. The molecule has 0 aliphatic rings. The van der Waals surface area contributed by atoms with Gasteiger partial charge in [-0.2, -0.15) is 18.3 Å². The summed E-state index contributed by atoms with van der Waals surface area (Å²) in [5.74, 6) is -2.16. The van der Waals surface area contributed by atoms with Crippen LogP contribution in [0.5, 0.6) is 5.75 Å². The minimum Gasteiger partial charge on any atom is -0.507 e. The molecule has 0 aromatic heterocycles. The number of rotatable bonds is 2. The Labute approximate surface area is 104 Å². The quantitative estimate of drug-likeness (QED) is 0.334. The molecule has 18 heavy (non-hydrogen) atoms. The van der Waals surface area contributed by atoms with Crippen LogP contribution in [0.15, 0.2) is 17.2 Å². The second kappa shape index (κ2) is 5.17. The first-order chi connectivity index (χ1) is 8.21. The van der Waals surface area contributed by atoms with Gasteiger partial charge in [0, 0.05) is 0 Å². The summed E-state index contributed by atoms with van der Waals surface area (Å²) in [6.45, 7) is 0. The summed E-state index contributed by atoms with van der Waals surface area (Å²) in [4.78, 5) is 0. The van der Waals surface area contributed by atoms with Crippen molar-refractivity contribution in [2.75, 3.05) is 0 Å². The van der Waals surface area contributed by atoms with Gasteiger partial charge in [0.15, 0.2) is 5.11 Å². The van der Waals surface area contributed by atoms with Gasteiger partial charge in [-0.05, 0) is 24.4 Å². The molecule has 4 nitrogen and oxygen atoms in total. The highest BCUT2D eigenvalue weighted by molar-refractivity contribution is 7.80. The number of benzene rings is 1. The molecule has 0 saturated carbocycles. The molecule has 0 radical (unpaired) electrons.